The molecule has 3 aromatic carbocycles. The third-order valence-corrected chi connectivity index (χ3v) is 6.64. The van der Waals surface area contributed by atoms with Crippen molar-refractivity contribution in [2.45, 2.75) is 24.0 Å². The third kappa shape index (κ3) is 5.02. The molecule has 0 saturated carbocycles. The van der Waals surface area contributed by atoms with Crippen LogP contribution in [0.3, 0.4) is 0 Å². The highest BCUT2D eigenvalue weighted by atomic mass is 32.2. The van der Waals surface area contributed by atoms with Crippen molar-refractivity contribution in [3.05, 3.63) is 95.2 Å². The Kier molecular flexibility index (Phi) is 6.33. The summed E-state index contributed by atoms with van der Waals surface area (Å²) >= 11 is 0. The van der Waals surface area contributed by atoms with E-state index in [1.54, 1.807) is 42.5 Å². The van der Waals surface area contributed by atoms with Gasteiger partial charge in [0.15, 0.2) is 9.84 Å². The van der Waals surface area contributed by atoms with E-state index in [0.717, 1.165) is 17.9 Å². The van der Waals surface area contributed by atoms with Crippen molar-refractivity contribution in [3.63, 3.8) is 0 Å². The van der Waals surface area contributed by atoms with Gasteiger partial charge in [0.05, 0.1) is 16.2 Å². The van der Waals surface area contributed by atoms with Gasteiger partial charge in [0.2, 0.25) is 0 Å². The molecule has 0 radical (unpaired) electrons. The Bertz CT molecular complexity index is 1490. The number of hydrogen-bond acceptors (Lipinski definition) is 5. The van der Waals surface area contributed by atoms with Crippen LogP contribution in [0.15, 0.2) is 89.1 Å². The zero-order valence-electron chi connectivity index (χ0n) is 18.7. The zero-order chi connectivity index (χ0) is 25.4. The largest absolute Gasteiger partial charge is 0.417 e. The van der Waals surface area contributed by atoms with Crippen molar-refractivity contribution < 1.29 is 21.6 Å². The molecule has 1 aromatic heterocycles. The Morgan fingerprint density at radius 2 is 1.63 bits per heavy atom. The molecule has 0 aliphatic carbocycles. The van der Waals surface area contributed by atoms with Crippen LogP contribution in [-0.4, -0.2) is 24.2 Å². The van der Waals surface area contributed by atoms with Gasteiger partial charge < -0.3 is 0 Å². The van der Waals surface area contributed by atoms with Crippen molar-refractivity contribution in [3.8, 4) is 28.2 Å². The summed E-state index contributed by atoms with van der Waals surface area (Å²) in [5.74, 6) is 0.0234. The van der Waals surface area contributed by atoms with E-state index in [0.29, 0.717) is 11.3 Å². The van der Waals surface area contributed by atoms with Crippen molar-refractivity contribution in [1.82, 2.24) is 9.55 Å². The number of alkyl halides is 3. The molecule has 6 nitrogen and oxygen atoms in total. The van der Waals surface area contributed by atoms with Crippen LogP contribution >= 0.6 is 0 Å². The molecule has 0 aliphatic heterocycles. The number of rotatable bonds is 6. The second-order valence-electron chi connectivity index (χ2n) is 8.03. The van der Waals surface area contributed by atoms with E-state index < -0.39 is 27.6 Å². The molecule has 0 amide bonds. The SMILES string of the molecule is CC(N=O)c1cn(-c2ccc(-c3cccc(S(C)(=O)=O)c3)cc2)c(-c2ccccc2C(F)(F)F)n1. The van der Waals surface area contributed by atoms with E-state index >= 15 is 0 Å². The topological polar surface area (TPSA) is 81.4 Å². The Morgan fingerprint density at radius 1 is 0.943 bits per heavy atom. The van der Waals surface area contributed by atoms with Crippen LogP contribution in [0.4, 0.5) is 13.2 Å². The van der Waals surface area contributed by atoms with Crippen molar-refractivity contribution >= 4 is 9.84 Å². The fourth-order valence-corrected chi connectivity index (χ4v) is 4.35. The number of hydrogen-bond donors (Lipinski definition) is 0. The number of imidazole rings is 1. The molecule has 0 fully saturated rings. The molecule has 0 saturated heterocycles. The molecule has 180 valence electrons. The molecule has 10 heteroatoms. The van der Waals surface area contributed by atoms with Gasteiger partial charge in [-0.15, -0.1) is 0 Å². The van der Waals surface area contributed by atoms with Gasteiger partial charge in [0, 0.05) is 23.7 Å². The maximum absolute atomic E-state index is 13.7. The Morgan fingerprint density at radius 3 is 2.26 bits per heavy atom. The lowest BCUT2D eigenvalue weighted by Crippen LogP contribution is -2.09. The molecule has 0 bridgehead atoms. The highest BCUT2D eigenvalue weighted by Gasteiger charge is 2.34. The second-order valence-corrected chi connectivity index (χ2v) is 10.0. The highest BCUT2D eigenvalue weighted by molar-refractivity contribution is 7.90. The molecular formula is C25H20F3N3O3S. The van der Waals surface area contributed by atoms with Gasteiger partial charge in [0.1, 0.15) is 11.9 Å². The summed E-state index contributed by atoms with van der Waals surface area (Å²) in [5, 5.41) is 2.96. The minimum atomic E-state index is -4.60. The van der Waals surface area contributed by atoms with Gasteiger partial charge in [-0.25, -0.2) is 13.4 Å². The van der Waals surface area contributed by atoms with Crippen molar-refractivity contribution in [2.24, 2.45) is 5.18 Å². The second kappa shape index (κ2) is 9.10. The molecule has 0 N–H and O–H groups in total. The van der Waals surface area contributed by atoms with Crippen molar-refractivity contribution in [1.29, 1.82) is 0 Å². The number of sulfone groups is 1. The first kappa shape index (κ1) is 24.3. The number of nitroso groups, excluding NO2 is 1. The van der Waals surface area contributed by atoms with Crippen LogP contribution in [0, 0.1) is 4.91 Å². The molecule has 0 spiro atoms. The van der Waals surface area contributed by atoms with Gasteiger partial charge in [-0.3, -0.25) is 4.57 Å². The summed E-state index contributed by atoms with van der Waals surface area (Å²) < 4.78 is 66.4. The van der Waals surface area contributed by atoms with Crippen LogP contribution in [-0.2, 0) is 16.0 Å². The van der Waals surface area contributed by atoms with E-state index in [4.69, 9.17) is 0 Å². The first-order valence-corrected chi connectivity index (χ1v) is 12.4. The van der Waals surface area contributed by atoms with Gasteiger partial charge in [0.25, 0.3) is 0 Å². The summed E-state index contributed by atoms with van der Waals surface area (Å²) in [6, 6.07) is 17.6. The fourth-order valence-electron chi connectivity index (χ4n) is 3.69. The van der Waals surface area contributed by atoms with Gasteiger partial charge in [-0.05, 0) is 48.4 Å². The molecule has 0 aliphatic rings. The normalized spacial score (nSPS) is 12.9. The maximum Gasteiger partial charge on any atom is 0.417 e. The minimum Gasteiger partial charge on any atom is -0.299 e. The third-order valence-electron chi connectivity index (χ3n) is 5.53. The number of nitrogens with zero attached hydrogens (tertiary/aromatic N) is 3. The van der Waals surface area contributed by atoms with Gasteiger partial charge in [-0.2, -0.15) is 18.1 Å². The molecule has 4 aromatic rings. The highest BCUT2D eigenvalue weighted by Crippen LogP contribution is 2.38. The Labute approximate surface area is 200 Å². The quantitative estimate of drug-likeness (QED) is 0.285. The maximum atomic E-state index is 13.7. The number of benzene rings is 3. The number of halogens is 3. The van der Waals surface area contributed by atoms with Crippen LogP contribution in [0.5, 0.6) is 0 Å². The van der Waals surface area contributed by atoms with E-state index in [2.05, 4.69) is 10.2 Å². The first-order valence-electron chi connectivity index (χ1n) is 10.5. The van der Waals surface area contributed by atoms with E-state index in [1.165, 1.54) is 42.0 Å². The molecule has 4 rings (SSSR count). The number of aromatic nitrogens is 2. The van der Waals surface area contributed by atoms with Crippen LogP contribution < -0.4 is 0 Å². The van der Waals surface area contributed by atoms with Gasteiger partial charge >= 0.3 is 6.18 Å². The van der Waals surface area contributed by atoms with Crippen LogP contribution in [0.2, 0.25) is 0 Å². The summed E-state index contributed by atoms with van der Waals surface area (Å²) in [6.45, 7) is 1.51. The molecule has 1 unspecified atom stereocenters. The molecule has 1 heterocycles. The first-order chi connectivity index (χ1) is 16.5. The lowest BCUT2D eigenvalue weighted by atomic mass is 10.0. The standard InChI is InChI=1S/C25H20F3N3O3S/c1-16(30-32)23-15-31(24(29-23)21-8-3-4-9-22(21)25(26,27)28)19-12-10-17(11-13-19)18-6-5-7-20(14-18)35(2,33)34/h3-16H,1-2H3. The zero-order valence-corrected chi connectivity index (χ0v) is 19.5. The molecule has 1 atom stereocenters. The van der Waals surface area contributed by atoms with Crippen molar-refractivity contribution in [2.75, 3.05) is 6.26 Å². The predicted molar refractivity (Wildman–Crippen MR) is 127 cm³/mol. The van der Waals surface area contributed by atoms with E-state index in [-0.39, 0.29) is 22.0 Å². The lowest BCUT2D eigenvalue weighted by Gasteiger charge is -2.14. The average molecular weight is 500 g/mol. The average Bonchev–Trinajstić information content (AvgIpc) is 3.28. The minimum absolute atomic E-state index is 0.0234. The monoisotopic (exact) mass is 499 g/mol. The smallest absolute Gasteiger partial charge is 0.299 e. The Balaban J connectivity index is 1.83. The summed E-state index contributed by atoms with van der Waals surface area (Å²) in [4.78, 5) is 15.6. The summed E-state index contributed by atoms with van der Waals surface area (Å²) in [6.07, 6.45) is -1.98. The van der Waals surface area contributed by atoms with Crippen LogP contribution in [0.25, 0.3) is 28.2 Å². The molecular weight excluding hydrogens is 479 g/mol. The van der Waals surface area contributed by atoms with Crippen LogP contribution in [0.1, 0.15) is 24.2 Å². The molecule has 35 heavy (non-hydrogen) atoms. The summed E-state index contributed by atoms with van der Waals surface area (Å²) in [7, 11) is -3.38. The van der Waals surface area contributed by atoms with Gasteiger partial charge in [-0.1, -0.05) is 47.6 Å². The lowest BCUT2D eigenvalue weighted by molar-refractivity contribution is -0.137. The summed E-state index contributed by atoms with van der Waals surface area (Å²) in [5.41, 5.74) is 1.16. The fraction of sp³-hybridized carbons (Fsp3) is 0.160. The van der Waals surface area contributed by atoms with E-state index in [1.807, 2.05) is 0 Å². The Hall–Kier alpha value is -3.79. The predicted octanol–water partition coefficient (Wildman–Crippen LogP) is 6.46. The van der Waals surface area contributed by atoms with E-state index in [9.17, 15) is 26.5 Å².